The van der Waals surface area contributed by atoms with E-state index in [1.165, 1.54) is 24.3 Å². The van der Waals surface area contributed by atoms with Crippen LogP contribution >= 0.6 is 0 Å². The number of rotatable bonds is 6. The molecule has 1 aliphatic rings. The van der Waals surface area contributed by atoms with Gasteiger partial charge in [0, 0.05) is 41.4 Å². The third-order valence-corrected chi connectivity index (χ3v) is 6.66. The van der Waals surface area contributed by atoms with Gasteiger partial charge in [0.1, 0.15) is 5.82 Å². The molecule has 188 valence electrons. The molecule has 1 aliphatic heterocycles. The molecule has 0 bridgehead atoms. The zero-order chi connectivity index (χ0) is 25.8. The molecule has 0 atom stereocenters. The summed E-state index contributed by atoms with van der Waals surface area (Å²) in [5.41, 5.74) is 3.69. The highest BCUT2D eigenvalue weighted by atomic mass is 19.1. The highest BCUT2D eigenvalue weighted by Gasteiger charge is 2.28. The average molecular weight is 499 g/mol. The Kier molecular flexibility index (Phi) is 7.07. The predicted octanol–water partition coefficient (Wildman–Crippen LogP) is 5.71. The number of nitrogens with zero attached hydrogens (tertiary/aromatic N) is 3. The summed E-state index contributed by atoms with van der Waals surface area (Å²) in [7, 11) is 0. The first-order valence-corrected chi connectivity index (χ1v) is 12.4. The number of carbonyl (C=O) groups is 2. The molecule has 0 aliphatic carbocycles. The van der Waals surface area contributed by atoms with Crippen molar-refractivity contribution in [2.75, 3.05) is 18.4 Å². The summed E-state index contributed by atoms with van der Waals surface area (Å²) in [5.74, 6) is 0.409. The van der Waals surface area contributed by atoms with E-state index in [2.05, 4.69) is 22.4 Å². The normalized spacial score (nSPS) is 13.9. The molecule has 5 rings (SSSR count). The van der Waals surface area contributed by atoms with Crippen molar-refractivity contribution in [2.45, 2.75) is 32.1 Å². The Balaban J connectivity index is 1.19. The second-order valence-electron chi connectivity index (χ2n) is 9.11. The van der Waals surface area contributed by atoms with E-state index in [1.807, 2.05) is 24.3 Å². The molecular formula is C29H27FN4O3. The highest BCUT2D eigenvalue weighted by Crippen LogP contribution is 2.29. The molecule has 8 heteroatoms. The Morgan fingerprint density at radius 2 is 1.70 bits per heavy atom. The standard InChI is InChI=1S/C29H27FN4O3/c1-2-19-4-3-5-25(18-19)31-27(35)21-8-6-20(7-9-21)26-32-28(37-33-26)22-14-16-34(17-15-22)29(36)23-10-12-24(30)13-11-23/h3-13,18,22H,2,14-17H2,1H3,(H,31,35). The van der Waals surface area contributed by atoms with Crippen molar-refractivity contribution in [1.82, 2.24) is 15.0 Å². The SMILES string of the molecule is CCc1cccc(NC(=O)c2ccc(-c3noc(C4CCN(C(=O)c5ccc(F)cc5)CC4)n3)cc2)c1. The second-order valence-corrected chi connectivity index (χ2v) is 9.11. The number of benzene rings is 3. The lowest BCUT2D eigenvalue weighted by Gasteiger charge is -2.30. The van der Waals surface area contributed by atoms with Gasteiger partial charge in [0.15, 0.2) is 0 Å². The molecule has 0 spiro atoms. The molecule has 37 heavy (non-hydrogen) atoms. The maximum Gasteiger partial charge on any atom is 0.255 e. The number of carbonyl (C=O) groups excluding carboxylic acids is 2. The Hall–Kier alpha value is -4.33. The van der Waals surface area contributed by atoms with Crippen LogP contribution in [0.3, 0.4) is 0 Å². The zero-order valence-corrected chi connectivity index (χ0v) is 20.5. The first-order chi connectivity index (χ1) is 18.0. The molecule has 4 aromatic rings. The van der Waals surface area contributed by atoms with Crippen molar-refractivity contribution in [3.63, 3.8) is 0 Å². The predicted molar refractivity (Wildman–Crippen MR) is 138 cm³/mol. The Labute approximate surface area is 214 Å². The number of hydrogen-bond acceptors (Lipinski definition) is 5. The van der Waals surface area contributed by atoms with Gasteiger partial charge in [-0.05, 0) is 73.4 Å². The molecule has 2 heterocycles. The van der Waals surface area contributed by atoms with E-state index in [9.17, 15) is 14.0 Å². The number of anilines is 1. The van der Waals surface area contributed by atoms with Crippen LogP contribution in [0.5, 0.6) is 0 Å². The van der Waals surface area contributed by atoms with Gasteiger partial charge in [-0.1, -0.05) is 36.3 Å². The molecule has 2 amide bonds. The molecule has 1 fully saturated rings. The van der Waals surface area contributed by atoms with E-state index in [0.29, 0.717) is 48.8 Å². The van der Waals surface area contributed by atoms with E-state index in [0.717, 1.165) is 23.2 Å². The fourth-order valence-corrected chi connectivity index (χ4v) is 4.47. The first kappa shape index (κ1) is 24.4. The maximum atomic E-state index is 13.1. The van der Waals surface area contributed by atoms with Crippen molar-refractivity contribution in [3.8, 4) is 11.4 Å². The number of likely N-dealkylation sites (tertiary alicyclic amines) is 1. The van der Waals surface area contributed by atoms with Crippen LogP contribution < -0.4 is 5.32 Å². The summed E-state index contributed by atoms with van der Waals surface area (Å²) in [6.45, 7) is 3.19. The molecule has 7 nitrogen and oxygen atoms in total. The highest BCUT2D eigenvalue weighted by molar-refractivity contribution is 6.04. The van der Waals surface area contributed by atoms with Crippen molar-refractivity contribution in [3.05, 3.63) is 101 Å². The van der Waals surface area contributed by atoms with Crippen LogP contribution in [0.4, 0.5) is 10.1 Å². The van der Waals surface area contributed by atoms with Gasteiger partial charge in [-0.25, -0.2) is 4.39 Å². The van der Waals surface area contributed by atoms with Gasteiger partial charge in [0.25, 0.3) is 11.8 Å². The Morgan fingerprint density at radius 1 is 1.00 bits per heavy atom. The number of hydrogen-bond donors (Lipinski definition) is 1. The van der Waals surface area contributed by atoms with Gasteiger partial charge in [-0.15, -0.1) is 0 Å². The van der Waals surface area contributed by atoms with Gasteiger partial charge in [0.05, 0.1) is 0 Å². The van der Waals surface area contributed by atoms with Gasteiger partial charge in [-0.3, -0.25) is 9.59 Å². The van der Waals surface area contributed by atoms with Gasteiger partial charge >= 0.3 is 0 Å². The number of nitrogens with one attached hydrogen (secondary N) is 1. The van der Waals surface area contributed by atoms with Crippen molar-refractivity contribution >= 4 is 17.5 Å². The summed E-state index contributed by atoms with van der Waals surface area (Å²) in [4.78, 5) is 31.7. The minimum Gasteiger partial charge on any atom is -0.339 e. The lowest BCUT2D eigenvalue weighted by atomic mass is 9.96. The van der Waals surface area contributed by atoms with E-state index in [4.69, 9.17) is 4.52 Å². The van der Waals surface area contributed by atoms with Crippen LogP contribution in [0.25, 0.3) is 11.4 Å². The second kappa shape index (κ2) is 10.7. The van der Waals surface area contributed by atoms with Gasteiger partial charge in [-0.2, -0.15) is 4.98 Å². The minimum absolute atomic E-state index is 0.0578. The van der Waals surface area contributed by atoms with Crippen LogP contribution in [-0.4, -0.2) is 39.9 Å². The number of aryl methyl sites for hydroxylation is 1. The molecule has 1 aromatic heterocycles. The van der Waals surface area contributed by atoms with Gasteiger partial charge < -0.3 is 14.7 Å². The average Bonchev–Trinajstić information content (AvgIpc) is 3.44. The Morgan fingerprint density at radius 3 is 2.41 bits per heavy atom. The summed E-state index contributed by atoms with van der Waals surface area (Å²) >= 11 is 0. The topological polar surface area (TPSA) is 88.3 Å². The van der Waals surface area contributed by atoms with E-state index in [-0.39, 0.29) is 23.5 Å². The monoisotopic (exact) mass is 498 g/mol. The van der Waals surface area contributed by atoms with Crippen LogP contribution in [0, 0.1) is 5.82 Å². The third-order valence-electron chi connectivity index (χ3n) is 6.66. The third kappa shape index (κ3) is 5.58. The number of aromatic nitrogens is 2. The largest absolute Gasteiger partial charge is 0.339 e. The fourth-order valence-electron chi connectivity index (χ4n) is 4.47. The summed E-state index contributed by atoms with van der Waals surface area (Å²) < 4.78 is 18.7. The van der Waals surface area contributed by atoms with E-state index < -0.39 is 0 Å². The Bertz CT molecular complexity index is 1390. The van der Waals surface area contributed by atoms with Crippen LogP contribution in [0.15, 0.2) is 77.3 Å². The van der Waals surface area contributed by atoms with Gasteiger partial charge in [0.2, 0.25) is 11.7 Å². The van der Waals surface area contributed by atoms with E-state index in [1.54, 1.807) is 29.2 Å². The summed E-state index contributed by atoms with van der Waals surface area (Å²) in [6.07, 6.45) is 2.30. The molecule has 1 saturated heterocycles. The molecular weight excluding hydrogens is 471 g/mol. The van der Waals surface area contributed by atoms with Crippen molar-refractivity contribution in [2.24, 2.45) is 0 Å². The molecule has 0 unspecified atom stereocenters. The summed E-state index contributed by atoms with van der Waals surface area (Å²) in [5, 5.41) is 7.06. The lowest BCUT2D eigenvalue weighted by Crippen LogP contribution is -2.38. The van der Waals surface area contributed by atoms with Crippen molar-refractivity contribution < 1.29 is 18.5 Å². The van der Waals surface area contributed by atoms with E-state index >= 15 is 0 Å². The molecule has 0 radical (unpaired) electrons. The molecule has 0 saturated carbocycles. The lowest BCUT2D eigenvalue weighted by molar-refractivity contribution is 0.0704. The summed E-state index contributed by atoms with van der Waals surface area (Å²) in [6, 6.07) is 20.5. The van der Waals surface area contributed by atoms with Crippen LogP contribution in [0.1, 0.15) is 57.9 Å². The number of piperidine rings is 1. The maximum absolute atomic E-state index is 13.1. The smallest absolute Gasteiger partial charge is 0.255 e. The number of amides is 2. The van der Waals surface area contributed by atoms with Crippen LogP contribution in [0.2, 0.25) is 0 Å². The fraction of sp³-hybridized carbons (Fsp3) is 0.241. The first-order valence-electron chi connectivity index (χ1n) is 12.4. The minimum atomic E-state index is -0.363. The van der Waals surface area contributed by atoms with Crippen molar-refractivity contribution in [1.29, 1.82) is 0 Å². The zero-order valence-electron chi connectivity index (χ0n) is 20.5. The molecule has 3 aromatic carbocycles. The van der Waals surface area contributed by atoms with Crippen LogP contribution in [-0.2, 0) is 6.42 Å². The molecule has 1 N–H and O–H groups in total. The quantitative estimate of drug-likeness (QED) is 0.368. The number of halogens is 1.